The van der Waals surface area contributed by atoms with Crippen molar-refractivity contribution in [1.29, 1.82) is 5.41 Å². The Morgan fingerprint density at radius 2 is 2.00 bits per heavy atom. The predicted octanol–water partition coefficient (Wildman–Crippen LogP) is 6.14. The fourth-order valence-electron chi connectivity index (χ4n) is 7.62. The molecule has 1 N–H and O–H groups in total. The van der Waals surface area contributed by atoms with Gasteiger partial charge in [-0.05, 0) is 103 Å². The van der Waals surface area contributed by atoms with Crippen LogP contribution in [-0.2, 0) is 0 Å². The highest BCUT2D eigenvalue weighted by Crippen LogP contribution is 2.67. The summed E-state index contributed by atoms with van der Waals surface area (Å²) in [6, 6.07) is 4.34. The first kappa shape index (κ1) is 16.7. The van der Waals surface area contributed by atoms with Crippen LogP contribution in [0.3, 0.4) is 0 Å². The highest BCUT2D eigenvalue weighted by Gasteiger charge is 2.58. The molecule has 1 heterocycles. The summed E-state index contributed by atoms with van der Waals surface area (Å²) in [6.07, 6.45) is 16.6. The normalized spacial score (nSPS) is 44.7. The number of hydrogen-bond acceptors (Lipinski definition) is 2. The summed E-state index contributed by atoms with van der Waals surface area (Å²) in [6.45, 7) is 5.14. The third-order valence-corrected chi connectivity index (χ3v) is 9.08. The summed E-state index contributed by atoms with van der Waals surface area (Å²) in [5.41, 5.74) is 4.78. The molecule has 4 aliphatic rings. The molecule has 3 fully saturated rings. The Hall–Kier alpha value is -1.44. The van der Waals surface area contributed by atoms with Gasteiger partial charge in [0, 0.05) is 18.1 Å². The summed E-state index contributed by atoms with van der Waals surface area (Å²) in [5.74, 6) is 3.36. The van der Waals surface area contributed by atoms with Crippen molar-refractivity contribution in [1.82, 2.24) is 4.98 Å². The Kier molecular flexibility index (Phi) is 3.71. The van der Waals surface area contributed by atoms with Crippen molar-refractivity contribution < 1.29 is 0 Å². The minimum atomic E-state index is 0.342. The lowest BCUT2D eigenvalue weighted by atomic mass is 9.44. The van der Waals surface area contributed by atoms with E-state index in [1.165, 1.54) is 44.1 Å². The highest BCUT2D eigenvalue weighted by atomic mass is 14.7. The number of allylic oxidation sites excluding steroid dienone is 2. The van der Waals surface area contributed by atoms with Crippen LogP contribution in [0.2, 0.25) is 0 Å². The number of fused-ring (bicyclic) bond motifs is 5. The van der Waals surface area contributed by atoms with Crippen molar-refractivity contribution in [2.75, 3.05) is 0 Å². The molecule has 2 nitrogen and oxygen atoms in total. The van der Waals surface area contributed by atoms with Crippen LogP contribution in [0.1, 0.15) is 70.8 Å². The molecule has 4 aliphatic carbocycles. The molecule has 2 heteroatoms. The molecule has 0 spiro atoms. The van der Waals surface area contributed by atoms with Crippen LogP contribution < -0.4 is 0 Å². The predicted molar refractivity (Wildman–Crippen MR) is 107 cm³/mol. The number of hydrogen-bond donors (Lipinski definition) is 1. The van der Waals surface area contributed by atoms with Crippen molar-refractivity contribution in [3.63, 3.8) is 0 Å². The average molecular weight is 349 g/mol. The van der Waals surface area contributed by atoms with Gasteiger partial charge in [0.05, 0.1) is 0 Å². The SMILES string of the molecule is C[C@]12CCC(=N)CC1CC[C@@H]1C2CC[C@]2(C)C(c3cccnc3)=CC[C@@H]12. The molecule has 3 saturated carbocycles. The molecule has 1 aromatic heterocycles. The van der Waals surface area contributed by atoms with E-state index in [1.54, 1.807) is 5.57 Å². The first-order valence-corrected chi connectivity index (χ1v) is 10.7. The van der Waals surface area contributed by atoms with E-state index < -0.39 is 0 Å². The van der Waals surface area contributed by atoms with E-state index in [0.29, 0.717) is 10.8 Å². The van der Waals surface area contributed by atoms with E-state index in [1.807, 2.05) is 6.20 Å². The Balaban J connectivity index is 1.45. The topological polar surface area (TPSA) is 36.7 Å². The van der Waals surface area contributed by atoms with E-state index in [0.717, 1.165) is 42.2 Å². The Bertz CT molecular complexity index is 751. The lowest BCUT2D eigenvalue weighted by Gasteiger charge is -2.60. The average Bonchev–Trinajstić information content (AvgIpc) is 3.00. The van der Waals surface area contributed by atoms with E-state index in [4.69, 9.17) is 5.41 Å². The molecule has 0 aliphatic heterocycles. The van der Waals surface area contributed by atoms with E-state index in [9.17, 15) is 0 Å². The standard InChI is InChI=1S/C24H32N2/c1-23-11-9-18(25)14-17(23)5-6-19-21-8-7-20(16-4-3-13-26-15-16)24(21,2)12-10-22(19)23/h3-4,7,13,15,17,19,21-22,25H,5-6,8-12,14H2,1-2H3/t17?,19-,21-,22?,23-,24+/m0/s1. The third-order valence-electron chi connectivity index (χ3n) is 9.08. The summed E-state index contributed by atoms with van der Waals surface area (Å²) < 4.78 is 0. The molecule has 1 aromatic rings. The second kappa shape index (κ2) is 5.78. The van der Waals surface area contributed by atoms with E-state index in [2.05, 4.69) is 43.2 Å². The van der Waals surface area contributed by atoms with Gasteiger partial charge >= 0.3 is 0 Å². The number of nitrogens with zero attached hydrogens (tertiary/aromatic N) is 1. The molecule has 2 unspecified atom stereocenters. The second-order valence-corrected chi connectivity index (χ2v) is 10.0. The van der Waals surface area contributed by atoms with Crippen molar-refractivity contribution in [3.05, 3.63) is 36.2 Å². The van der Waals surface area contributed by atoms with E-state index >= 15 is 0 Å². The molecule has 0 radical (unpaired) electrons. The number of rotatable bonds is 1. The molecular weight excluding hydrogens is 316 g/mol. The summed E-state index contributed by atoms with van der Waals surface area (Å²) in [7, 11) is 0. The quantitative estimate of drug-likeness (QED) is 0.650. The van der Waals surface area contributed by atoms with Gasteiger partial charge in [-0.25, -0.2) is 0 Å². The van der Waals surface area contributed by atoms with Crippen molar-refractivity contribution in [2.24, 2.45) is 34.5 Å². The molecule has 0 amide bonds. The van der Waals surface area contributed by atoms with Crippen LogP contribution >= 0.6 is 0 Å². The van der Waals surface area contributed by atoms with Crippen LogP contribution in [0, 0.1) is 39.9 Å². The number of aromatic nitrogens is 1. The van der Waals surface area contributed by atoms with Gasteiger partial charge in [0.15, 0.2) is 0 Å². The van der Waals surface area contributed by atoms with Gasteiger partial charge < -0.3 is 5.41 Å². The van der Waals surface area contributed by atoms with Crippen LogP contribution in [0.4, 0.5) is 0 Å². The highest BCUT2D eigenvalue weighted by molar-refractivity contribution is 5.82. The molecule has 0 bridgehead atoms. The summed E-state index contributed by atoms with van der Waals surface area (Å²) in [5, 5.41) is 8.19. The smallest absolute Gasteiger partial charge is 0.0343 e. The first-order chi connectivity index (χ1) is 12.5. The fraction of sp³-hybridized carbons (Fsp3) is 0.667. The van der Waals surface area contributed by atoms with E-state index in [-0.39, 0.29) is 0 Å². The van der Waals surface area contributed by atoms with Gasteiger partial charge in [-0.3, -0.25) is 4.98 Å². The lowest BCUT2D eigenvalue weighted by molar-refractivity contribution is -0.0835. The zero-order valence-electron chi connectivity index (χ0n) is 16.3. The van der Waals surface area contributed by atoms with Crippen molar-refractivity contribution in [2.45, 2.75) is 65.2 Å². The van der Waals surface area contributed by atoms with Gasteiger partial charge in [0.1, 0.15) is 0 Å². The minimum Gasteiger partial charge on any atom is -0.310 e. The minimum absolute atomic E-state index is 0.342. The molecule has 6 atom stereocenters. The maximum Gasteiger partial charge on any atom is 0.0343 e. The lowest BCUT2D eigenvalue weighted by Crippen LogP contribution is -2.53. The van der Waals surface area contributed by atoms with Gasteiger partial charge in [-0.15, -0.1) is 0 Å². The third kappa shape index (κ3) is 2.23. The molecule has 0 saturated heterocycles. The largest absolute Gasteiger partial charge is 0.310 e. The van der Waals surface area contributed by atoms with Gasteiger partial charge in [-0.2, -0.15) is 0 Å². The first-order valence-electron chi connectivity index (χ1n) is 10.7. The van der Waals surface area contributed by atoms with Crippen molar-refractivity contribution in [3.8, 4) is 0 Å². The summed E-state index contributed by atoms with van der Waals surface area (Å²) >= 11 is 0. The number of nitrogens with one attached hydrogen (secondary N) is 1. The van der Waals surface area contributed by atoms with Gasteiger partial charge in [-0.1, -0.05) is 26.0 Å². The van der Waals surface area contributed by atoms with Crippen LogP contribution in [0.5, 0.6) is 0 Å². The second-order valence-electron chi connectivity index (χ2n) is 10.0. The van der Waals surface area contributed by atoms with Gasteiger partial charge in [0.2, 0.25) is 0 Å². The molecule has 0 aromatic carbocycles. The zero-order valence-corrected chi connectivity index (χ0v) is 16.3. The maximum absolute atomic E-state index is 8.19. The maximum atomic E-state index is 8.19. The molecular formula is C24H32N2. The molecule has 26 heavy (non-hydrogen) atoms. The Labute approximate surface area is 158 Å². The summed E-state index contributed by atoms with van der Waals surface area (Å²) in [4.78, 5) is 4.39. The van der Waals surface area contributed by atoms with Crippen LogP contribution in [0.15, 0.2) is 30.6 Å². The fourth-order valence-corrected chi connectivity index (χ4v) is 7.62. The molecule has 138 valence electrons. The molecule has 5 rings (SSSR count). The van der Waals surface area contributed by atoms with Gasteiger partial charge in [0.25, 0.3) is 0 Å². The van der Waals surface area contributed by atoms with Crippen LogP contribution in [-0.4, -0.2) is 10.7 Å². The Morgan fingerprint density at radius 1 is 1.12 bits per heavy atom. The zero-order chi connectivity index (χ0) is 17.9. The monoisotopic (exact) mass is 348 g/mol. The van der Waals surface area contributed by atoms with Crippen molar-refractivity contribution >= 4 is 11.3 Å². The number of pyridine rings is 1. The Morgan fingerprint density at radius 3 is 2.81 bits per heavy atom. The van der Waals surface area contributed by atoms with Crippen LogP contribution in [0.25, 0.3) is 5.57 Å².